The summed E-state index contributed by atoms with van der Waals surface area (Å²) in [5, 5.41) is 3.47. The highest BCUT2D eigenvalue weighted by Gasteiger charge is 2.27. The van der Waals surface area contributed by atoms with Gasteiger partial charge in [0.25, 0.3) is 0 Å². The average Bonchev–Trinajstić information content (AvgIpc) is 2.56. The topological polar surface area (TPSA) is 18.5 Å². The molecular weight excluding hydrogens is 246 g/mol. The number of hydrogen-bond acceptors (Lipinski definition) is 3. The maximum Gasteiger partial charge on any atom is 0.0367 e. The van der Waals surface area contributed by atoms with Crippen molar-refractivity contribution in [1.82, 2.24) is 10.2 Å². The summed E-state index contributed by atoms with van der Waals surface area (Å²) in [4.78, 5) is 5.22. The largest absolute Gasteiger partial charge is 0.369 e. The van der Waals surface area contributed by atoms with E-state index in [1.165, 1.54) is 57.8 Å². The van der Waals surface area contributed by atoms with E-state index in [2.05, 4.69) is 52.4 Å². The van der Waals surface area contributed by atoms with Gasteiger partial charge in [0.1, 0.15) is 0 Å². The first-order chi connectivity index (χ1) is 9.84. The van der Waals surface area contributed by atoms with Crippen LogP contribution in [-0.2, 0) is 0 Å². The minimum Gasteiger partial charge on any atom is -0.369 e. The van der Waals surface area contributed by atoms with Crippen LogP contribution in [0, 0.1) is 5.92 Å². The van der Waals surface area contributed by atoms with Gasteiger partial charge in [0.15, 0.2) is 0 Å². The average molecular weight is 273 g/mol. The second kappa shape index (κ2) is 6.59. The third-order valence-electron chi connectivity index (χ3n) is 5.08. The zero-order chi connectivity index (χ0) is 13.8. The third kappa shape index (κ3) is 3.15. The molecule has 0 aromatic heterocycles. The Kier molecular flexibility index (Phi) is 4.58. The first-order valence-electron chi connectivity index (χ1n) is 8.09. The van der Waals surface area contributed by atoms with Crippen LogP contribution in [0.1, 0.15) is 19.8 Å². The minimum absolute atomic E-state index is 0.745. The van der Waals surface area contributed by atoms with E-state index in [0.29, 0.717) is 0 Å². The standard InChI is InChI=1S/C17H27N3/c1-15(16-7-9-18-10-8-16)19-11-13-20(14-12-19)17-5-3-2-4-6-17/h2-6,15-16,18H,7-14H2,1H3. The van der Waals surface area contributed by atoms with Crippen LogP contribution in [0.4, 0.5) is 5.69 Å². The van der Waals surface area contributed by atoms with Crippen molar-refractivity contribution < 1.29 is 0 Å². The Balaban J connectivity index is 1.53. The van der Waals surface area contributed by atoms with Crippen LogP contribution >= 0.6 is 0 Å². The van der Waals surface area contributed by atoms with Crippen molar-refractivity contribution in [1.29, 1.82) is 0 Å². The Hall–Kier alpha value is -1.06. The predicted molar refractivity (Wildman–Crippen MR) is 85.3 cm³/mol. The molecule has 3 heteroatoms. The summed E-state index contributed by atoms with van der Waals surface area (Å²) in [5.74, 6) is 0.888. The van der Waals surface area contributed by atoms with Gasteiger partial charge in [-0.2, -0.15) is 0 Å². The lowest BCUT2D eigenvalue weighted by Gasteiger charge is -2.42. The third-order valence-corrected chi connectivity index (χ3v) is 5.08. The Morgan fingerprint density at radius 2 is 1.65 bits per heavy atom. The molecule has 1 aromatic carbocycles. The molecule has 2 saturated heterocycles. The van der Waals surface area contributed by atoms with Gasteiger partial charge < -0.3 is 10.2 Å². The molecular formula is C17H27N3. The van der Waals surface area contributed by atoms with Crippen molar-refractivity contribution in [2.45, 2.75) is 25.8 Å². The lowest BCUT2D eigenvalue weighted by Crippen LogP contribution is -2.52. The van der Waals surface area contributed by atoms with Crippen LogP contribution in [0.5, 0.6) is 0 Å². The number of hydrogen-bond donors (Lipinski definition) is 1. The molecule has 2 aliphatic rings. The van der Waals surface area contributed by atoms with Gasteiger partial charge in [-0.15, -0.1) is 0 Å². The summed E-state index contributed by atoms with van der Waals surface area (Å²) >= 11 is 0. The van der Waals surface area contributed by atoms with Crippen molar-refractivity contribution in [3.63, 3.8) is 0 Å². The van der Waals surface area contributed by atoms with E-state index in [-0.39, 0.29) is 0 Å². The monoisotopic (exact) mass is 273 g/mol. The van der Waals surface area contributed by atoms with E-state index in [0.717, 1.165) is 12.0 Å². The molecule has 0 aliphatic carbocycles. The molecule has 2 aliphatic heterocycles. The molecule has 0 bridgehead atoms. The Morgan fingerprint density at radius 3 is 2.30 bits per heavy atom. The van der Waals surface area contributed by atoms with Crippen molar-refractivity contribution in [2.75, 3.05) is 44.2 Å². The molecule has 1 aromatic rings. The summed E-state index contributed by atoms with van der Waals surface area (Å²) in [6.07, 6.45) is 2.69. The normalized spacial score (nSPS) is 23.8. The maximum absolute atomic E-state index is 3.47. The van der Waals surface area contributed by atoms with E-state index >= 15 is 0 Å². The molecule has 3 nitrogen and oxygen atoms in total. The number of anilines is 1. The Bertz CT molecular complexity index is 392. The van der Waals surface area contributed by atoms with Gasteiger partial charge in [0.05, 0.1) is 0 Å². The van der Waals surface area contributed by atoms with Crippen molar-refractivity contribution in [3.05, 3.63) is 30.3 Å². The molecule has 2 fully saturated rings. The molecule has 0 spiro atoms. The molecule has 1 unspecified atom stereocenters. The highest BCUT2D eigenvalue weighted by Crippen LogP contribution is 2.23. The molecule has 110 valence electrons. The zero-order valence-corrected chi connectivity index (χ0v) is 12.6. The van der Waals surface area contributed by atoms with Gasteiger partial charge in [-0.3, -0.25) is 4.90 Å². The highest BCUT2D eigenvalue weighted by molar-refractivity contribution is 5.46. The smallest absolute Gasteiger partial charge is 0.0367 e. The minimum atomic E-state index is 0.745. The van der Waals surface area contributed by atoms with Crippen LogP contribution in [0.2, 0.25) is 0 Å². The Morgan fingerprint density at radius 1 is 1.00 bits per heavy atom. The van der Waals surface area contributed by atoms with E-state index in [4.69, 9.17) is 0 Å². The molecule has 3 rings (SSSR count). The van der Waals surface area contributed by atoms with Gasteiger partial charge >= 0.3 is 0 Å². The van der Waals surface area contributed by atoms with Crippen molar-refractivity contribution in [2.24, 2.45) is 5.92 Å². The number of nitrogens with zero attached hydrogens (tertiary/aromatic N) is 2. The summed E-state index contributed by atoms with van der Waals surface area (Å²) in [6.45, 7) is 9.60. The zero-order valence-electron chi connectivity index (χ0n) is 12.6. The fourth-order valence-corrected chi connectivity index (χ4v) is 3.65. The van der Waals surface area contributed by atoms with E-state index < -0.39 is 0 Å². The van der Waals surface area contributed by atoms with E-state index in [1.54, 1.807) is 0 Å². The first kappa shape index (κ1) is 13.9. The molecule has 0 radical (unpaired) electrons. The second-order valence-corrected chi connectivity index (χ2v) is 6.19. The van der Waals surface area contributed by atoms with Gasteiger partial charge in [-0.05, 0) is 50.9 Å². The number of benzene rings is 1. The van der Waals surface area contributed by atoms with Crippen LogP contribution in [0.25, 0.3) is 0 Å². The van der Waals surface area contributed by atoms with Crippen LogP contribution < -0.4 is 10.2 Å². The lowest BCUT2D eigenvalue weighted by atomic mass is 9.90. The first-order valence-corrected chi connectivity index (χ1v) is 8.09. The SMILES string of the molecule is CC(C1CCNCC1)N1CCN(c2ccccc2)CC1. The molecule has 1 N–H and O–H groups in total. The summed E-state index contributed by atoms with van der Waals surface area (Å²) in [5.41, 5.74) is 1.38. The van der Waals surface area contributed by atoms with Crippen LogP contribution in [0.3, 0.4) is 0 Å². The fraction of sp³-hybridized carbons (Fsp3) is 0.647. The summed E-state index contributed by atoms with van der Waals surface area (Å²) < 4.78 is 0. The predicted octanol–water partition coefficient (Wildman–Crippen LogP) is 2.20. The van der Waals surface area contributed by atoms with Gasteiger partial charge in [-0.1, -0.05) is 18.2 Å². The number of piperidine rings is 1. The summed E-state index contributed by atoms with van der Waals surface area (Å²) in [6, 6.07) is 11.6. The quantitative estimate of drug-likeness (QED) is 0.911. The number of rotatable bonds is 3. The Labute approximate surface area is 123 Å². The van der Waals surface area contributed by atoms with Crippen molar-refractivity contribution >= 4 is 5.69 Å². The number of para-hydroxylation sites is 1. The van der Waals surface area contributed by atoms with Gasteiger partial charge in [0.2, 0.25) is 0 Å². The van der Waals surface area contributed by atoms with E-state index in [9.17, 15) is 0 Å². The van der Waals surface area contributed by atoms with Crippen LogP contribution in [0.15, 0.2) is 30.3 Å². The molecule has 0 amide bonds. The van der Waals surface area contributed by atoms with E-state index in [1.807, 2.05) is 0 Å². The number of piperazine rings is 1. The second-order valence-electron chi connectivity index (χ2n) is 6.19. The maximum atomic E-state index is 3.47. The van der Waals surface area contributed by atoms with Crippen LogP contribution in [-0.4, -0.2) is 50.2 Å². The van der Waals surface area contributed by atoms with Gasteiger partial charge in [0, 0.05) is 37.9 Å². The fourth-order valence-electron chi connectivity index (χ4n) is 3.65. The molecule has 20 heavy (non-hydrogen) atoms. The highest BCUT2D eigenvalue weighted by atomic mass is 15.3. The molecule has 1 atom stereocenters. The summed E-state index contributed by atoms with van der Waals surface area (Å²) in [7, 11) is 0. The molecule has 0 saturated carbocycles. The van der Waals surface area contributed by atoms with Gasteiger partial charge in [-0.25, -0.2) is 0 Å². The van der Waals surface area contributed by atoms with Crippen molar-refractivity contribution in [3.8, 4) is 0 Å². The molecule has 2 heterocycles. The number of nitrogens with one attached hydrogen (secondary N) is 1. The lowest BCUT2D eigenvalue weighted by molar-refractivity contribution is 0.127.